The van der Waals surface area contributed by atoms with Gasteiger partial charge in [0.2, 0.25) is 10.0 Å². The molecule has 3 fully saturated rings. The Morgan fingerprint density at radius 2 is 1.57 bits per heavy atom. The number of aromatic nitrogens is 1. The maximum absolute atomic E-state index is 13.2. The van der Waals surface area contributed by atoms with E-state index < -0.39 is 22.1 Å². The molecule has 3 aliphatic heterocycles. The highest BCUT2D eigenvalue weighted by Gasteiger charge is 2.41. The molecule has 3 atom stereocenters. The van der Waals surface area contributed by atoms with Crippen molar-refractivity contribution in [1.29, 1.82) is 0 Å². The van der Waals surface area contributed by atoms with Gasteiger partial charge in [0.1, 0.15) is 4.90 Å². The number of piperidine rings is 1. The summed E-state index contributed by atoms with van der Waals surface area (Å²) in [5.74, 6) is -0.422. The molecule has 1 unspecified atom stereocenters. The average Bonchev–Trinajstić information content (AvgIpc) is 3.56. The van der Waals surface area contributed by atoms with Crippen LogP contribution in [0.25, 0.3) is 10.9 Å². The van der Waals surface area contributed by atoms with Crippen LogP contribution in [0.4, 0.5) is 0 Å². The number of aliphatic hydroxyl groups is 1. The van der Waals surface area contributed by atoms with Gasteiger partial charge >= 0.3 is 0 Å². The van der Waals surface area contributed by atoms with Gasteiger partial charge in [0.15, 0.2) is 12.1 Å². The molecule has 10 nitrogen and oxygen atoms in total. The zero-order valence-corrected chi connectivity index (χ0v) is 26.4. The van der Waals surface area contributed by atoms with Crippen molar-refractivity contribution in [2.75, 3.05) is 32.8 Å². The van der Waals surface area contributed by atoms with Crippen molar-refractivity contribution in [3.8, 4) is 0 Å². The molecule has 2 N–H and O–H groups in total. The maximum Gasteiger partial charge on any atom is 0.243 e. The third-order valence-corrected chi connectivity index (χ3v) is 10.5. The summed E-state index contributed by atoms with van der Waals surface area (Å²) in [6, 6.07) is 24.3. The van der Waals surface area contributed by atoms with Gasteiger partial charge in [-0.2, -0.15) is 0 Å². The molecule has 3 aliphatic rings. The summed E-state index contributed by atoms with van der Waals surface area (Å²) in [4.78, 5) is 6.86. The number of hydrogen-bond acceptors (Lipinski definition) is 9. The summed E-state index contributed by atoms with van der Waals surface area (Å²) in [5, 5.41) is 10.3. The Hall–Kier alpha value is -3.26. The molecule has 1 spiro atoms. The Morgan fingerprint density at radius 1 is 0.870 bits per heavy atom. The third-order valence-electron chi connectivity index (χ3n) is 9.11. The molecule has 0 amide bonds. The molecule has 7 rings (SSSR count). The van der Waals surface area contributed by atoms with Gasteiger partial charge in [-0.05, 0) is 28.8 Å². The lowest BCUT2D eigenvalue weighted by Crippen LogP contribution is -2.48. The molecule has 11 heteroatoms. The summed E-state index contributed by atoms with van der Waals surface area (Å²) in [6.45, 7) is 3.96. The van der Waals surface area contributed by atoms with Gasteiger partial charge in [-0.15, -0.1) is 0 Å². The fourth-order valence-electron chi connectivity index (χ4n) is 6.52. The van der Waals surface area contributed by atoms with E-state index in [4.69, 9.17) is 18.9 Å². The van der Waals surface area contributed by atoms with Gasteiger partial charge in [0, 0.05) is 62.6 Å². The van der Waals surface area contributed by atoms with Crippen LogP contribution in [0.2, 0.25) is 0 Å². The van der Waals surface area contributed by atoms with Crippen molar-refractivity contribution in [1.82, 2.24) is 14.6 Å². The second kappa shape index (κ2) is 13.5. The van der Waals surface area contributed by atoms with Gasteiger partial charge < -0.3 is 29.0 Å². The number of aliphatic hydroxyl groups excluding tert-OH is 1. The number of hydrogen-bond donors (Lipinski definition) is 2. The van der Waals surface area contributed by atoms with Crippen LogP contribution in [0.3, 0.4) is 0 Å². The molecule has 0 saturated carbocycles. The molecule has 4 aromatic rings. The predicted molar refractivity (Wildman–Crippen MR) is 171 cm³/mol. The van der Waals surface area contributed by atoms with Crippen LogP contribution in [0, 0.1) is 0 Å². The molecule has 0 aliphatic carbocycles. The zero-order valence-electron chi connectivity index (χ0n) is 25.6. The molecule has 0 bridgehead atoms. The van der Waals surface area contributed by atoms with E-state index >= 15 is 0 Å². The first-order chi connectivity index (χ1) is 22.4. The number of benzene rings is 3. The minimum atomic E-state index is -3.79. The van der Waals surface area contributed by atoms with Gasteiger partial charge in [-0.3, -0.25) is 4.98 Å². The van der Waals surface area contributed by atoms with Gasteiger partial charge in [0.05, 0.1) is 37.5 Å². The molecule has 3 saturated heterocycles. The number of pyridine rings is 1. The Labute approximate surface area is 269 Å². The van der Waals surface area contributed by atoms with Gasteiger partial charge in [-0.25, -0.2) is 13.1 Å². The molecule has 4 heterocycles. The SMILES string of the molecule is O=S(=O)(NCc1ccc(C2O[C@H](CN3CCC4(CC3)OCCO4)C[C@H](c3ccc(CO)cc3)O2)cc1)c1cccc2cccnc12. The van der Waals surface area contributed by atoms with Crippen molar-refractivity contribution in [3.05, 3.63) is 107 Å². The van der Waals surface area contributed by atoms with E-state index in [1.807, 2.05) is 60.7 Å². The van der Waals surface area contributed by atoms with E-state index in [1.54, 1.807) is 24.4 Å². The molecule has 242 valence electrons. The van der Waals surface area contributed by atoms with Crippen molar-refractivity contribution in [3.63, 3.8) is 0 Å². The minimum absolute atomic E-state index is 0.00855. The number of rotatable bonds is 9. The molecule has 0 radical (unpaired) electrons. The standard InChI is InChI=1S/C35H39N3O7S/c39-24-26-8-10-27(11-9-26)31-21-30(23-38-17-14-35(15-18-38)42-19-20-43-35)44-34(45-31)29-12-6-25(7-13-29)22-37-46(40,41)32-5-1-3-28-4-2-16-36-33(28)32/h1-13,16,30-31,34,37,39H,14-15,17-24H2/t30-,31+,34?/m0/s1. The van der Waals surface area contributed by atoms with Crippen LogP contribution >= 0.6 is 0 Å². The van der Waals surface area contributed by atoms with E-state index in [1.165, 1.54) is 0 Å². The van der Waals surface area contributed by atoms with Crippen LogP contribution < -0.4 is 4.72 Å². The fraction of sp³-hybridized carbons (Fsp3) is 0.400. The number of nitrogens with zero attached hydrogens (tertiary/aromatic N) is 2. The highest BCUT2D eigenvalue weighted by atomic mass is 32.2. The van der Waals surface area contributed by atoms with Crippen LogP contribution in [0.1, 0.15) is 53.9 Å². The van der Waals surface area contributed by atoms with Crippen LogP contribution in [-0.2, 0) is 42.1 Å². The van der Waals surface area contributed by atoms with Crippen molar-refractivity contribution in [2.24, 2.45) is 0 Å². The summed E-state index contributed by atoms with van der Waals surface area (Å²) < 4.78 is 54.0. The van der Waals surface area contributed by atoms with E-state index in [-0.39, 0.29) is 30.3 Å². The Kier molecular flexibility index (Phi) is 9.17. The molecule has 3 aromatic carbocycles. The monoisotopic (exact) mass is 645 g/mol. The summed E-state index contributed by atoms with van der Waals surface area (Å²) in [5.41, 5.74) is 4.00. The highest BCUT2D eigenvalue weighted by Crippen LogP contribution is 2.39. The summed E-state index contributed by atoms with van der Waals surface area (Å²) >= 11 is 0. The van der Waals surface area contributed by atoms with Crippen LogP contribution in [-0.4, -0.2) is 68.1 Å². The number of sulfonamides is 1. The normalized spacial score (nSPS) is 23.6. The number of ether oxygens (including phenoxy) is 4. The number of likely N-dealkylation sites (tertiary alicyclic amines) is 1. The van der Waals surface area contributed by atoms with E-state index in [2.05, 4.69) is 14.6 Å². The maximum atomic E-state index is 13.2. The quantitative estimate of drug-likeness (QED) is 0.269. The lowest BCUT2D eigenvalue weighted by atomic mass is 9.98. The smallest absolute Gasteiger partial charge is 0.243 e. The minimum Gasteiger partial charge on any atom is -0.392 e. The van der Waals surface area contributed by atoms with Crippen LogP contribution in [0.15, 0.2) is 90.0 Å². The molecule has 46 heavy (non-hydrogen) atoms. The highest BCUT2D eigenvalue weighted by molar-refractivity contribution is 7.89. The van der Waals surface area contributed by atoms with E-state index in [0.717, 1.165) is 60.1 Å². The van der Waals surface area contributed by atoms with Gasteiger partial charge in [-0.1, -0.05) is 66.7 Å². The second-order valence-corrected chi connectivity index (χ2v) is 13.9. The average molecular weight is 646 g/mol. The molecular weight excluding hydrogens is 606 g/mol. The van der Waals surface area contributed by atoms with Gasteiger partial charge in [0.25, 0.3) is 0 Å². The first kappa shape index (κ1) is 31.3. The topological polar surface area (TPSA) is 119 Å². The Bertz CT molecular complexity index is 1730. The zero-order chi connectivity index (χ0) is 31.6. The Morgan fingerprint density at radius 3 is 2.30 bits per heavy atom. The largest absolute Gasteiger partial charge is 0.392 e. The van der Waals surface area contributed by atoms with Crippen LogP contribution in [0.5, 0.6) is 0 Å². The number of para-hydroxylation sites is 1. The second-order valence-electron chi connectivity index (χ2n) is 12.2. The lowest BCUT2D eigenvalue weighted by Gasteiger charge is -2.41. The van der Waals surface area contributed by atoms with E-state index in [9.17, 15) is 13.5 Å². The van der Waals surface area contributed by atoms with Crippen molar-refractivity contribution < 1.29 is 32.5 Å². The molecule has 1 aromatic heterocycles. The fourth-order valence-corrected chi connectivity index (χ4v) is 7.72. The summed E-state index contributed by atoms with van der Waals surface area (Å²) in [7, 11) is -3.79. The van der Waals surface area contributed by atoms with Crippen molar-refractivity contribution in [2.45, 2.75) is 61.6 Å². The number of fused-ring (bicyclic) bond motifs is 1. The van der Waals surface area contributed by atoms with Crippen molar-refractivity contribution >= 4 is 20.9 Å². The Balaban J connectivity index is 1.04. The predicted octanol–water partition coefficient (Wildman–Crippen LogP) is 4.59. The first-order valence-electron chi connectivity index (χ1n) is 15.8. The van der Waals surface area contributed by atoms with E-state index in [0.29, 0.717) is 25.2 Å². The first-order valence-corrected chi connectivity index (χ1v) is 17.3. The third kappa shape index (κ3) is 6.87. The molecular formula is C35H39N3O7S. The summed E-state index contributed by atoms with van der Waals surface area (Å²) in [6.07, 6.45) is 3.13. The lowest BCUT2D eigenvalue weighted by molar-refractivity contribution is -0.255. The number of nitrogens with one attached hydrogen (secondary N) is 1.